The maximum Gasteiger partial charge on any atom is 0.293 e. The standard InChI is InChI=1S/C12H12N2O3.H2/c1-9(10-5-3-2-4-6-10)14-12(17)11(16)7-13-8-15;/h2-6,8H,1,7H2,(H,13,15)(H,14,17);1H. The summed E-state index contributed by atoms with van der Waals surface area (Å²) in [5.41, 5.74) is 1.06. The van der Waals surface area contributed by atoms with E-state index in [0.29, 0.717) is 12.1 Å². The van der Waals surface area contributed by atoms with Crippen molar-refractivity contribution < 1.29 is 15.8 Å². The lowest BCUT2D eigenvalue weighted by molar-refractivity contribution is -0.136. The van der Waals surface area contributed by atoms with Gasteiger partial charge in [0.2, 0.25) is 12.2 Å². The summed E-state index contributed by atoms with van der Waals surface area (Å²) in [6, 6.07) is 8.94. The summed E-state index contributed by atoms with van der Waals surface area (Å²) >= 11 is 0. The molecule has 0 radical (unpaired) electrons. The van der Waals surface area contributed by atoms with Crippen LogP contribution in [0.5, 0.6) is 0 Å². The third-order valence-corrected chi connectivity index (χ3v) is 1.99. The molecule has 0 saturated heterocycles. The molecule has 0 heterocycles. The second kappa shape index (κ2) is 6.22. The van der Waals surface area contributed by atoms with E-state index >= 15 is 0 Å². The highest BCUT2D eigenvalue weighted by Gasteiger charge is 2.13. The number of carbonyl (C=O) groups excluding carboxylic acids is 3. The molecule has 0 spiro atoms. The van der Waals surface area contributed by atoms with Gasteiger partial charge in [0, 0.05) is 7.12 Å². The molecule has 17 heavy (non-hydrogen) atoms. The predicted octanol–water partition coefficient (Wildman–Crippen LogP) is 0.335. The average molecular weight is 234 g/mol. The quantitative estimate of drug-likeness (QED) is 0.550. The summed E-state index contributed by atoms with van der Waals surface area (Å²) in [6.45, 7) is 3.33. The molecule has 2 amide bonds. The van der Waals surface area contributed by atoms with E-state index in [-0.39, 0.29) is 7.97 Å². The first-order valence-corrected chi connectivity index (χ1v) is 4.90. The minimum Gasteiger partial charge on any atom is -0.351 e. The highest BCUT2D eigenvalue weighted by molar-refractivity contribution is 6.38. The number of Topliss-reactive ketones (excluding diaryl/α,β-unsaturated/α-hetero) is 1. The van der Waals surface area contributed by atoms with Crippen molar-refractivity contribution in [2.24, 2.45) is 0 Å². The summed E-state index contributed by atoms with van der Waals surface area (Å²) in [4.78, 5) is 32.5. The van der Waals surface area contributed by atoms with Crippen LogP contribution >= 0.6 is 0 Å². The van der Waals surface area contributed by atoms with Crippen LogP contribution in [-0.2, 0) is 14.4 Å². The normalized spacial score (nSPS) is 9.18. The molecular formula is C12H14N2O3. The monoisotopic (exact) mass is 234 g/mol. The van der Waals surface area contributed by atoms with Crippen molar-refractivity contribution in [3.05, 3.63) is 42.5 Å². The fourth-order valence-corrected chi connectivity index (χ4v) is 1.13. The summed E-state index contributed by atoms with van der Waals surface area (Å²) in [7, 11) is 0. The summed E-state index contributed by atoms with van der Waals surface area (Å²) in [5, 5.41) is 4.49. The average Bonchev–Trinajstić information content (AvgIpc) is 2.36. The van der Waals surface area contributed by atoms with Crippen LogP contribution in [-0.4, -0.2) is 24.6 Å². The Hall–Kier alpha value is -2.43. The summed E-state index contributed by atoms with van der Waals surface area (Å²) in [5.74, 6) is -1.53. The number of benzene rings is 1. The van der Waals surface area contributed by atoms with Gasteiger partial charge in [-0.25, -0.2) is 0 Å². The number of amides is 2. The van der Waals surface area contributed by atoms with Crippen molar-refractivity contribution >= 4 is 23.8 Å². The Morgan fingerprint density at radius 1 is 1.29 bits per heavy atom. The predicted molar refractivity (Wildman–Crippen MR) is 64.8 cm³/mol. The first-order chi connectivity index (χ1) is 8.15. The van der Waals surface area contributed by atoms with Gasteiger partial charge in [-0.05, 0) is 5.56 Å². The Bertz CT molecular complexity index is 446. The van der Waals surface area contributed by atoms with Gasteiger partial charge in [-0.15, -0.1) is 0 Å². The van der Waals surface area contributed by atoms with Gasteiger partial charge in [-0.1, -0.05) is 36.9 Å². The Balaban J connectivity index is 0.00000289. The van der Waals surface area contributed by atoms with Crippen molar-refractivity contribution in [2.45, 2.75) is 0 Å². The number of hydrogen-bond acceptors (Lipinski definition) is 3. The Kier molecular flexibility index (Phi) is 4.62. The van der Waals surface area contributed by atoms with E-state index in [1.54, 1.807) is 24.3 Å². The molecule has 0 unspecified atom stereocenters. The second-order valence-corrected chi connectivity index (χ2v) is 3.22. The van der Waals surface area contributed by atoms with Crippen molar-refractivity contribution in [2.75, 3.05) is 6.54 Å². The van der Waals surface area contributed by atoms with E-state index in [9.17, 15) is 14.4 Å². The molecule has 1 aromatic rings. The summed E-state index contributed by atoms with van der Waals surface area (Å²) in [6.07, 6.45) is 0.358. The zero-order valence-electron chi connectivity index (χ0n) is 9.10. The van der Waals surface area contributed by atoms with Gasteiger partial charge in [0.05, 0.1) is 6.54 Å². The van der Waals surface area contributed by atoms with Gasteiger partial charge < -0.3 is 10.6 Å². The number of nitrogens with one attached hydrogen (secondary N) is 2. The van der Waals surface area contributed by atoms with E-state index in [0.717, 1.165) is 5.56 Å². The fourth-order valence-electron chi connectivity index (χ4n) is 1.13. The van der Waals surface area contributed by atoms with E-state index in [1.807, 2.05) is 6.07 Å². The molecule has 0 aliphatic heterocycles. The molecule has 2 N–H and O–H groups in total. The Morgan fingerprint density at radius 3 is 2.53 bits per heavy atom. The zero-order valence-corrected chi connectivity index (χ0v) is 9.10. The molecule has 0 saturated carbocycles. The van der Waals surface area contributed by atoms with E-state index in [2.05, 4.69) is 17.2 Å². The highest BCUT2D eigenvalue weighted by atomic mass is 16.2. The van der Waals surface area contributed by atoms with Crippen molar-refractivity contribution in [3.8, 4) is 0 Å². The van der Waals surface area contributed by atoms with Crippen LogP contribution in [0.4, 0.5) is 0 Å². The fraction of sp³-hybridized carbons (Fsp3) is 0.0833. The maximum absolute atomic E-state index is 11.4. The highest BCUT2D eigenvalue weighted by Crippen LogP contribution is 2.07. The lowest BCUT2D eigenvalue weighted by atomic mass is 10.2. The number of ketones is 1. The van der Waals surface area contributed by atoms with Gasteiger partial charge in [0.15, 0.2) is 0 Å². The lowest BCUT2D eigenvalue weighted by Gasteiger charge is -2.07. The molecule has 5 heteroatoms. The minimum atomic E-state index is -0.798. The van der Waals surface area contributed by atoms with E-state index in [4.69, 9.17) is 0 Å². The SMILES string of the molecule is C=C(NC(=O)C(=O)CNC=O)c1ccccc1.[HH]. The molecule has 5 nitrogen and oxygen atoms in total. The number of rotatable bonds is 6. The topological polar surface area (TPSA) is 75.3 Å². The van der Waals surface area contributed by atoms with Crippen molar-refractivity contribution in [1.82, 2.24) is 10.6 Å². The molecule has 0 bridgehead atoms. The zero-order chi connectivity index (χ0) is 12.7. The molecule has 1 rings (SSSR count). The van der Waals surface area contributed by atoms with Crippen molar-refractivity contribution in [3.63, 3.8) is 0 Å². The van der Waals surface area contributed by atoms with Crippen LogP contribution in [0.2, 0.25) is 0 Å². The van der Waals surface area contributed by atoms with Gasteiger partial charge in [-0.3, -0.25) is 14.4 Å². The maximum atomic E-state index is 11.4. The van der Waals surface area contributed by atoms with Crippen LogP contribution < -0.4 is 10.6 Å². The molecule has 0 aliphatic carbocycles. The van der Waals surface area contributed by atoms with Crippen LogP contribution in [0.25, 0.3) is 5.70 Å². The van der Waals surface area contributed by atoms with Crippen LogP contribution in [0.15, 0.2) is 36.9 Å². The molecule has 90 valence electrons. The van der Waals surface area contributed by atoms with E-state index < -0.39 is 11.7 Å². The van der Waals surface area contributed by atoms with Gasteiger partial charge in [0.1, 0.15) is 0 Å². The molecule has 0 aliphatic rings. The van der Waals surface area contributed by atoms with Crippen LogP contribution in [0.1, 0.15) is 6.99 Å². The lowest BCUT2D eigenvalue weighted by Crippen LogP contribution is -2.35. The van der Waals surface area contributed by atoms with Gasteiger partial charge >= 0.3 is 0 Å². The van der Waals surface area contributed by atoms with Gasteiger partial charge in [0.25, 0.3) is 5.91 Å². The molecule has 0 aromatic heterocycles. The molecule has 0 fully saturated rings. The third kappa shape index (κ3) is 3.90. The molecule has 1 aromatic carbocycles. The largest absolute Gasteiger partial charge is 0.351 e. The summed E-state index contributed by atoms with van der Waals surface area (Å²) < 4.78 is 0. The smallest absolute Gasteiger partial charge is 0.293 e. The Labute approximate surface area is 100 Å². The first-order valence-electron chi connectivity index (χ1n) is 4.90. The van der Waals surface area contributed by atoms with Crippen molar-refractivity contribution in [1.29, 1.82) is 0 Å². The van der Waals surface area contributed by atoms with Crippen LogP contribution in [0, 0.1) is 0 Å². The minimum absolute atomic E-state index is 0. The van der Waals surface area contributed by atoms with Crippen LogP contribution in [0.3, 0.4) is 0 Å². The molecule has 0 atom stereocenters. The number of hydrogen-bond donors (Lipinski definition) is 2. The Morgan fingerprint density at radius 2 is 1.94 bits per heavy atom. The van der Waals surface area contributed by atoms with Gasteiger partial charge in [-0.2, -0.15) is 0 Å². The van der Waals surface area contributed by atoms with E-state index in [1.165, 1.54) is 0 Å². The number of carbonyl (C=O) groups is 3. The first kappa shape index (κ1) is 12.6. The second-order valence-electron chi connectivity index (χ2n) is 3.22. The molecular weight excluding hydrogens is 220 g/mol. The third-order valence-electron chi connectivity index (χ3n) is 1.99.